The predicted molar refractivity (Wildman–Crippen MR) is 106 cm³/mol. The number of nitro benzene ring substituents is 1. The van der Waals surface area contributed by atoms with Crippen molar-refractivity contribution in [1.82, 2.24) is 30.0 Å². The predicted octanol–water partition coefficient (Wildman–Crippen LogP) is 1.98. The van der Waals surface area contributed by atoms with Gasteiger partial charge >= 0.3 is 0 Å². The molecule has 11 nitrogen and oxygen atoms in total. The van der Waals surface area contributed by atoms with Crippen molar-refractivity contribution in [2.24, 2.45) is 0 Å². The molecule has 2 heterocycles. The third-order valence-corrected chi connectivity index (χ3v) is 4.46. The fourth-order valence-electron chi connectivity index (χ4n) is 2.87. The normalized spacial score (nSPS) is 10.5. The van der Waals surface area contributed by atoms with E-state index in [-0.39, 0.29) is 17.1 Å². The van der Waals surface area contributed by atoms with Gasteiger partial charge in [-0.25, -0.2) is 9.36 Å². The largest absolute Gasteiger partial charge is 0.285 e. The number of hydrogen-bond acceptors (Lipinski definition) is 8. The van der Waals surface area contributed by atoms with Gasteiger partial charge < -0.3 is 0 Å². The molecule has 0 fully saturated rings. The first-order valence-electron chi connectivity index (χ1n) is 9.09. The van der Waals surface area contributed by atoms with Crippen molar-refractivity contribution in [3.63, 3.8) is 0 Å². The van der Waals surface area contributed by atoms with Gasteiger partial charge in [-0.2, -0.15) is 5.26 Å². The van der Waals surface area contributed by atoms with Crippen molar-refractivity contribution in [1.29, 1.82) is 5.26 Å². The average molecular weight is 414 g/mol. The maximum atomic E-state index is 12.6. The number of aromatic nitrogens is 6. The number of nitrogens with zero attached hydrogens (tertiary/aromatic N) is 8. The summed E-state index contributed by atoms with van der Waals surface area (Å²) < 4.78 is 2.99. The Morgan fingerprint density at radius 1 is 0.903 bits per heavy atom. The molecule has 31 heavy (non-hydrogen) atoms. The topological polar surface area (TPSA) is 145 Å². The molecule has 0 bridgehead atoms. The maximum absolute atomic E-state index is 12.6. The Labute approximate surface area is 175 Å². The Hall–Kier alpha value is -4.72. The highest BCUT2D eigenvalue weighted by Gasteiger charge is 2.17. The Bertz CT molecular complexity index is 1280. The van der Waals surface area contributed by atoms with E-state index in [4.69, 9.17) is 5.26 Å². The monoisotopic (exact) mass is 414 g/mol. The average Bonchev–Trinajstić information content (AvgIpc) is 3.44. The lowest BCUT2D eigenvalue weighted by Crippen LogP contribution is -2.03. The zero-order valence-corrected chi connectivity index (χ0v) is 16.0. The molecule has 2 aromatic heterocycles. The smallest absolute Gasteiger partial charge is 0.269 e. The van der Waals surface area contributed by atoms with Crippen LogP contribution in [-0.4, -0.2) is 40.7 Å². The van der Waals surface area contributed by atoms with Gasteiger partial charge in [-0.15, -0.1) is 10.2 Å². The summed E-state index contributed by atoms with van der Waals surface area (Å²) in [6, 6.07) is 15.2. The number of hydrogen-bond donors (Lipinski definition) is 0. The van der Waals surface area contributed by atoms with E-state index < -0.39 is 10.7 Å². The molecule has 4 aromatic rings. The molecule has 0 saturated carbocycles. The zero-order chi connectivity index (χ0) is 21.8. The first kappa shape index (κ1) is 19.6. The van der Waals surface area contributed by atoms with Crippen molar-refractivity contribution in [3.05, 3.63) is 99.1 Å². The quantitative estimate of drug-likeness (QED) is 0.253. The van der Waals surface area contributed by atoms with Crippen molar-refractivity contribution in [2.75, 3.05) is 0 Å². The Balaban J connectivity index is 1.42. The third-order valence-electron chi connectivity index (χ3n) is 4.46. The number of carbonyl (C=O) groups excluding carboxylic acids is 1. The lowest BCUT2D eigenvalue weighted by atomic mass is 10.1. The number of carbonyl (C=O) groups is 1. The summed E-state index contributed by atoms with van der Waals surface area (Å²) in [4.78, 5) is 22.9. The molecule has 0 aliphatic heterocycles. The first-order valence-corrected chi connectivity index (χ1v) is 9.09. The highest BCUT2D eigenvalue weighted by Crippen LogP contribution is 2.13. The number of nitro groups is 1. The summed E-state index contributed by atoms with van der Waals surface area (Å²) in [5.74, 6) is -0.416. The second kappa shape index (κ2) is 8.34. The number of rotatable bonds is 7. The molecule has 0 unspecified atom stereocenters. The highest BCUT2D eigenvalue weighted by molar-refractivity contribution is 6.05. The van der Waals surface area contributed by atoms with Crippen LogP contribution in [0.5, 0.6) is 0 Å². The van der Waals surface area contributed by atoms with Crippen LogP contribution < -0.4 is 0 Å². The van der Waals surface area contributed by atoms with E-state index in [1.165, 1.54) is 33.9 Å². The van der Waals surface area contributed by atoms with E-state index in [1.807, 2.05) is 12.1 Å². The van der Waals surface area contributed by atoms with Gasteiger partial charge in [0.25, 0.3) is 5.69 Å². The fourth-order valence-corrected chi connectivity index (χ4v) is 2.87. The van der Waals surface area contributed by atoms with Gasteiger partial charge in [-0.05, 0) is 23.3 Å². The van der Waals surface area contributed by atoms with Gasteiger partial charge in [0.15, 0.2) is 11.4 Å². The summed E-state index contributed by atoms with van der Waals surface area (Å²) in [6.45, 7) is 0.711. The van der Waals surface area contributed by atoms with Gasteiger partial charge in [0.05, 0.1) is 42.0 Å². The minimum absolute atomic E-state index is 0.00213. The molecule has 0 aliphatic carbocycles. The Kier molecular flexibility index (Phi) is 5.27. The van der Waals surface area contributed by atoms with Crippen molar-refractivity contribution in [3.8, 4) is 6.07 Å². The SMILES string of the molecule is N#Cc1ccc(Cn2cc(C(=O)c3cn(Cc4ccc([N+](=O)[O-])cc4)nn3)nn2)cc1. The van der Waals surface area contributed by atoms with Gasteiger partial charge in [-0.1, -0.05) is 34.7 Å². The van der Waals surface area contributed by atoms with E-state index in [1.54, 1.807) is 24.3 Å². The van der Waals surface area contributed by atoms with E-state index >= 15 is 0 Å². The van der Waals surface area contributed by atoms with Gasteiger partial charge in [0, 0.05) is 12.1 Å². The van der Waals surface area contributed by atoms with Gasteiger partial charge in [0.1, 0.15) is 0 Å². The minimum Gasteiger partial charge on any atom is -0.285 e. The summed E-state index contributed by atoms with van der Waals surface area (Å²) >= 11 is 0. The molecular formula is C20H14N8O3. The van der Waals surface area contributed by atoms with E-state index in [0.29, 0.717) is 18.7 Å². The van der Waals surface area contributed by atoms with Crippen LogP contribution in [0.1, 0.15) is 32.9 Å². The fraction of sp³-hybridized carbons (Fsp3) is 0.100. The molecule has 0 radical (unpaired) electrons. The van der Waals surface area contributed by atoms with Crippen LogP contribution in [0.3, 0.4) is 0 Å². The third kappa shape index (κ3) is 4.48. The molecule has 0 aliphatic rings. The maximum Gasteiger partial charge on any atom is 0.269 e. The van der Waals surface area contributed by atoms with Crippen LogP contribution >= 0.6 is 0 Å². The molecule has 0 N–H and O–H groups in total. The number of nitriles is 1. The molecular weight excluding hydrogens is 400 g/mol. The Morgan fingerprint density at radius 3 is 1.84 bits per heavy atom. The number of benzene rings is 2. The molecule has 4 rings (SSSR count). The van der Waals surface area contributed by atoms with Gasteiger partial charge in [0.2, 0.25) is 5.78 Å². The van der Waals surface area contributed by atoms with Gasteiger partial charge in [-0.3, -0.25) is 14.9 Å². The number of non-ortho nitro benzene ring substituents is 1. The molecule has 0 atom stereocenters. The second-order valence-electron chi connectivity index (χ2n) is 6.66. The van der Waals surface area contributed by atoms with Crippen molar-refractivity contribution >= 4 is 11.5 Å². The molecule has 152 valence electrons. The summed E-state index contributed by atoms with van der Waals surface area (Å²) in [6.07, 6.45) is 3.01. The highest BCUT2D eigenvalue weighted by atomic mass is 16.6. The first-order chi connectivity index (χ1) is 15.0. The molecule has 0 saturated heterocycles. The van der Waals surface area contributed by atoms with E-state index in [9.17, 15) is 14.9 Å². The standard InChI is InChI=1S/C20H14N8O3/c21-9-14-1-3-15(4-2-14)10-26-12-18(22-24-26)20(29)19-13-27(25-23-19)11-16-5-7-17(8-6-16)28(30)31/h1-8,12-13H,10-11H2. The molecule has 0 amide bonds. The molecule has 2 aromatic carbocycles. The van der Waals surface area contributed by atoms with Crippen molar-refractivity contribution < 1.29 is 9.72 Å². The van der Waals surface area contributed by atoms with Crippen molar-refractivity contribution in [2.45, 2.75) is 13.1 Å². The summed E-state index contributed by atoms with van der Waals surface area (Å²) in [5, 5.41) is 35.3. The zero-order valence-electron chi connectivity index (χ0n) is 16.0. The molecule has 11 heteroatoms. The van der Waals surface area contributed by atoms with Crippen LogP contribution in [0.15, 0.2) is 60.9 Å². The lowest BCUT2D eigenvalue weighted by Gasteiger charge is -2.00. The van der Waals surface area contributed by atoms with E-state index in [0.717, 1.165) is 11.1 Å². The van der Waals surface area contributed by atoms with Crippen LogP contribution in [0.2, 0.25) is 0 Å². The Morgan fingerprint density at radius 2 is 1.39 bits per heavy atom. The van der Waals surface area contributed by atoms with Crippen LogP contribution in [0.25, 0.3) is 0 Å². The minimum atomic E-state index is -0.468. The second-order valence-corrected chi connectivity index (χ2v) is 6.66. The van der Waals surface area contributed by atoms with E-state index in [2.05, 4.69) is 26.7 Å². The van der Waals surface area contributed by atoms with Crippen LogP contribution in [0, 0.1) is 21.4 Å². The summed E-state index contributed by atoms with van der Waals surface area (Å²) in [7, 11) is 0. The van der Waals surface area contributed by atoms with Crippen LogP contribution in [0.4, 0.5) is 5.69 Å². The number of ketones is 1. The lowest BCUT2D eigenvalue weighted by molar-refractivity contribution is -0.384. The summed E-state index contributed by atoms with van der Waals surface area (Å²) in [5.41, 5.74) is 2.51. The van der Waals surface area contributed by atoms with Crippen LogP contribution in [-0.2, 0) is 13.1 Å². The molecule has 0 spiro atoms.